The number of unbranched alkanes of at least 4 members (excludes halogenated alkanes) is 18. The molecule has 0 aliphatic rings. The molecule has 0 saturated heterocycles. The smallest absolute Gasteiger partial charge is 0.793 e. The van der Waals surface area contributed by atoms with Crippen LogP contribution in [0.3, 0.4) is 0 Å². The molecule has 0 amide bonds. The van der Waals surface area contributed by atoms with Crippen molar-refractivity contribution in [2.75, 3.05) is 11.5 Å². The Kier molecular flexibility index (Phi) is 44.6. The molecule has 0 aliphatic carbocycles. The Morgan fingerprint density at radius 2 is 0.519 bits per heavy atom. The van der Waals surface area contributed by atoms with E-state index in [1.807, 2.05) is 0 Å². The Morgan fingerprint density at radius 1 is 0.333 bits per heavy atom. The zero-order valence-electron chi connectivity index (χ0n) is 19.1. The summed E-state index contributed by atoms with van der Waals surface area (Å²) >= 11 is 9.80. The van der Waals surface area contributed by atoms with Crippen molar-refractivity contribution in [3.8, 4) is 0 Å². The predicted octanol–water partition coefficient (Wildman–Crippen LogP) is 8.53. The quantitative estimate of drug-likeness (QED) is 0.0953. The average molecular weight is 490 g/mol. The summed E-state index contributed by atoms with van der Waals surface area (Å²) in [6, 6.07) is 0. The van der Waals surface area contributed by atoms with Crippen molar-refractivity contribution in [3.63, 3.8) is 0 Å². The Hall–Kier alpha value is 2.18. The van der Waals surface area contributed by atoms with Crippen molar-refractivity contribution in [1.82, 2.24) is 0 Å². The van der Waals surface area contributed by atoms with Crippen molar-refractivity contribution < 1.29 is 0 Å². The summed E-state index contributed by atoms with van der Waals surface area (Å²) in [6.07, 6.45) is 28.1. The largest absolute Gasteiger partial charge is 2.00 e. The van der Waals surface area contributed by atoms with Gasteiger partial charge in [-0.1, -0.05) is 142 Å². The molecule has 3 heteroatoms. The molecule has 0 bridgehead atoms. The standard InChI is InChI=1S/2C12H26S.Sr/c2*1-2-3-4-5-6-7-8-9-10-11-12-13;/h2*13H,2-12H2,1H3;/q;;+2/p-2. The topological polar surface area (TPSA) is 0 Å². The second kappa shape index (κ2) is 35.6. The van der Waals surface area contributed by atoms with E-state index in [4.69, 9.17) is 25.3 Å². The first kappa shape index (κ1) is 33.8. The van der Waals surface area contributed by atoms with Gasteiger partial charge in [-0.15, -0.1) is 0 Å². The molecule has 160 valence electrons. The molecule has 0 aromatic rings. The van der Waals surface area contributed by atoms with Gasteiger partial charge in [-0.2, -0.15) is 11.5 Å². The summed E-state index contributed by atoms with van der Waals surface area (Å²) in [6.45, 7) is 4.55. The Balaban J connectivity index is -0.000000411. The first-order chi connectivity index (χ1) is 12.8. The fourth-order valence-corrected chi connectivity index (χ4v) is 3.59. The van der Waals surface area contributed by atoms with Crippen LogP contribution in [0.4, 0.5) is 0 Å². The van der Waals surface area contributed by atoms with Crippen molar-refractivity contribution >= 4 is 70.7 Å². The van der Waals surface area contributed by atoms with Crippen LogP contribution in [-0.4, -0.2) is 57.0 Å². The van der Waals surface area contributed by atoms with Gasteiger partial charge < -0.3 is 25.3 Å². The van der Waals surface area contributed by atoms with Crippen LogP contribution in [0.2, 0.25) is 0 Å². The zero-order chi connectivity index (χ0) is 19.6. The van der Waals surface area contributed by atoms with E-state index in [1.165, 1.54) is 128 Å². The summed E-state index contributed by atoms with van der Waals surface area (Å²) in [5.41, 5.74) is 0. The van der Waals surface area contributed by atoms with Crippen LogP contribution in [0, 0.1) is 0 Å². The second-order valence-electron chi connectivity index (χ2n) is 7.77. The minimum atomic E-state index is 0. The van der Waals surface area contributed by atoms with Gasteiger partial charge in [0.15, 0.2) is 0 Å². The molecular formula is C24H50S2Sr. The molecule has 0 nitrogen and oxygen atoms in total. The second-order valence-corrected chi connectivity index (χ2v) is 8.59. The summed E-state index contributed by atoms with van der Waals surface area (Å²) < 4.78 is 0. The minimum Gasteiger partial charge on any atom is -0.793 e. The predicted molar refractivity (Wildman–Crippen MR) is 134 cm³/mol. The molecule has 0 aromatic heterocycles. The Morgan fingerprint density at radius 3 is 0.704 bits per heavy atom. The van der Waals surface area contributed by atoms with E-state index < -0.39 is 0 Å². The number of hydrogen-bond acceptors (Lipinski definition) is 2. The fraction of sp³-hybridized carbons (Fsp3) is 1.00. The molecule has 0 spiro atoms. The molecule has 0 unspecified atom stereocenters. The van der Waals surface area contributed by atoms with Gasteiger partial charge in [-0.3, -0.25) is 0 Å². The van der Waals surface area contributed by atoms with Crippen LogP contribution < -0.4 is 0 Å². The van der Waals surface area contributed by atoms with Crippen molar-refractivity contribution in [2.24, 2.45) is 0 Å². The molecule has 0 heterocycles. The van der Waals surface area contributed by atoms with E-state index >= 15 is 0 Å². The monoisotopic (exact) mass is 490 g/mol. The minimum absolute atomic E-state index is 0. The van der Waals surface area contributed by atoms with E-state index in [0.29, 0.717) is 0 Å². The maximum absolute atomic E-state index is 4.90. The fourth-order valence-electron chi connectivity index (χ4n) is 3.18. The Bertz CT molecular complexity index is 171. The SMILES string of the molecule is CCCCCCCCCCCC[S-].CCCCCCCCCCCC[S-].[Sr+2]. The summed E-state index contributed by atoms with van der Waals surface area (Å²) in [4.78, 5) is 0. The van der Waals surface area contributed by atoms with Gasteiger partial charge in [0.1, 0.15) is 0 Å². The maximum atomic E-state index is 4.90. The van der Waals surface area contributed by atoms with Gasteiger partial charge in [0.05, 0.1) is 0 Å². The molecule has 0 fully saturated rings. The van der Waals surface area contributed by atoms with Gasteiger partial charge in [0.25, 0.3) is 0 Å². The van der Waals surface area contributed by atoms with Crippen LogP contribution in [0.5, 0.6) is 0 Å². The summed E-state index contributed by atoms with van der Waals surface area (Å²) in [5.74, 6) is 1.91. The van der Waals surface area contributed by atoms with Crippen LogP contribution in [-0.2, 0) is 25.3 Å². The van der Waals surface area contributed by atoms with Crippen LogP contribution >= 0.6 is 0 Å². The van der Waals surface area contributed by atoms with Gasteiger partial charge in [0.2, 0.25) is 0 Å². The van der Waals surface area contributed by atoms with Crippen LogP contribution in [0.25, 0.3) is 0 Å². The van der Waals surface area contributed by atoms with E-state index in [2.05, 4.69) is 13.8 Å². The molecular weight excluding hydrogens is 440 g/mol. The summed E-state index contributed by atoms with van der Waals surface area (Å²) in [7, 11) is 0. The Labute approximate surface area is 222 Å². The first-order valence-electron chi connectivity index (χ1n) is 12.0. The van der Waals surface area contributed by atoms with E-state index in [0.717, 1.165) is 11.5 Å². The van der Waals surface area contributed by atoms with Gasteiger partial charge in [-0.25, -0.2) is 0 Å². The first-order valence-corrected chi connectivity index (χ1v) is 13.1. The van der Waals surface area contributed by atoms with E-state index in [-0.39, 0.29) is 45.5 Å². The van der Waals surface area contributed by atoms with Crippen molar-refractivity contribution in [2.45, 2.75) is 142 Å². The third kappa shape index (κ3) is 39.3. The molecule has 0 aromatic carbocycles. The van der Waals surface area contributed by atoms with Crippen molar-refractivity contribution in [1.29, 1.82) is 0 Å². The number of rotatable bonds is 20. The number of hydrogen-bond donors (Lipinski definition) is 0. The molecule has 0 saturated carbocycles. The van der Waals surface area contributed by atoms with Gasteiger partial charge >= 0.3 is 45.5 Å². The third-order valence-corrected chi connectivity index (χ3v) is 5.57. The molecule has 27 heavy (non-hydrogen) atoms. The van der Waals surface area contributed by atoms with Gasteiger partial charge in [0, 0.05) is 0 Å². The molecule has 0 aliphatic heterocycles. The molecule has 0 radical (unpaired) electrons. The maximum Gasteiger partial charge on any atom is 2.00 e. The van der Waals surface area contributed by atoms with E-state index in [1.54, 1.807) is 0 Å². The summed E-state index contributed by atoms with van der Waals surface area (Å²) in [5, 5.41) is 0. The van der Waals surface area contributed by atoms with Gasteiger partial charge in [-0.05, 0) is 0 Å². The molecule has 0 N–H and O–H groups in total. The van der Waals surface area contributed by atoms with E-state index in [9.17, 15) is 0 Å². The molecule has 0 rings (SSSR count). The van der Waals surface area contributed by atoms with Crippen molar-refractivity contribution in [3.05, 3.63) is 0 Å². The third-order valence-electron chi connectivity index (χ3n) is 5.00. The normalized spacial score (nSPS) is 10.2. The van der Waals surface area contributed by atoms with Crippen LogP contribution in [0.15, 0.2) is 0 Å². The van der Waals surface area contributed by atoms with Crippen LogP contribution in [0.1, 0.15) is 142 Å². The average Bonchev–Trinajstić information content (AvgIpc) is 2.66. The zero-order valence-corrected chi connectivity index (χ0v) is 24.2. The molecule has 0 atom stereocenters.